The number of amides is 2. The summed E-state index contributed by atoms with van der Waals surface area (Å²) in [6.45, 7) is 12.6. The average molecular weight is 717 g/mol. The molecule has 1 N–H and O–H groups in total. The van der Waals surface area contributed by atoms with Gasteiger partial charge in [0.1, 0.15) is 30.0 Å². The highest BCUT2D eigenvalue weighted by Gasteiger charge is 2.44. The van der Waals surface area contributed by atoms with Crippen molar-refractivity contribution in [1.29, 1.82) is 0 Å². The molecule has 11 heteroatoms. The minimum Gasteiger partial charge on any atom is -0.544 e. The molecule has 0 spiro atoms. The molecule has 0 unspecified atom stereocenters. The van der Waals surface area contributed by atoms with E-state index in [4.69, 9.17) is 13.6 Å². The second kappa shape index (κ2) is 15.7. The number of ether oxygens (including phenoxy) is 1. The summed E-state index contributed by atoms with van der Waals surface area (Å²) in [6.07, 6.45) is -0.430. The van der Waals surface area contributed by atoms with Crippen LogP contribution in [0.2, 0.25) is 39.3 Å². The average Bonchev–Trinajstić information content (AvgIpc) is 3.45. The van der Waals surface area contributed by atoms with Gasteiger partial charge in [0, 0.05) is 5.69 Å². The molecule has 1 saturated heterocycles. The highest BCUT2D eigenvalue weighted by atomic mass is 28.4. The lowest BCUT2D eigenvalue weighted by Gasteiger charge is -2.34. The first kappa shape index (κ1) is 36.9. The molecule has 5 rings (SSSR count). The van der Waals surface area contributed by atoms with Gasteiger partial charge in [-0.25, -0.2) is 18.5 Å². The number of imide groups is 1. The van der Waals surface area contributed by atoms with E-state index in [2.05, 4.69) is 44.6 Å². The number of nitrogens with zero attached hydrogens (tertiary/aromatic N) is 1. The van der Waals surface area contributed by atoms with Crippen LogP contribution < -0.4 is 9.74 Å². The van der Waals surface area contributed by atoms with Crippen LogP contribution >= 0.6 is 0 Å². The Balaban J connectivity index is 1.58. The summed E-state index contributed by atoms with van der Waals surface area (Å²) in [7, 11) is -4.01. The molecule has 264 valence electrons. The number of hydrogen-bond acceptors (Lipinski definition) is 6. The highest BCUT2D eigenvalue weighted by Crippen LogP contribution is 2.39. The zero-order valence-electron chi connectivity index (χ0n) is 29.5. The van der Waals surface area contributed by atoms with E-state index >= 15 is 0 Å². The first-order valence-electron chi connectivity index (χ1n) is 17.0. The zero-order valence-corrected chi connectivity index (χ0v) is 31.5. The molecule has 2 amide bonds. The van der Waals surface area contributed by atoms with Crippen LogP contribution in [-0.2, 0) is 14.0 Å². The van der Waals surface area contributed by atoms with Crippen LogP contribution in [0.3, 0.4) is 0 Å². The van der Waals surface area contributed by atoms with Crippen molar-refractivity contribution in [2.24, 2.45) is 5.92 Å². The minimum atomic E-state index is -2.12. The van der Waals surface area contributed by atoms with E-state index in [0.717, 1.165) is 22.4 Å². The van der Waals surface area contributed by atoms with E-state index in [9.17, 15) is 18.4 Å². The van der Waals surface area contributed by atoms with Crippen molar-refractivity contribution in [3.8, 4) is 5.75 Å². The first-order valence-corrected chi connectivity index (χ1v) is 23.8. The standard InChI is InChI=1S/C39H46F2N2O5Si2/c1-49(2,3)47-33-22-14-29(15-23-33)37(42-32-20-18-31(41)19-21-32)34(24-25-36(48-50(4,5)6)28-12-16-30(40)17-13-28)38(44)43-35(26-46-39(43)45)27-10-8-7-9-11-27/h7-23,34-37,42H,24-26H2,1-6H3/t34-,35-,36+,37-/m0/s1. The zero-order chi connectivity index (χ0) is 36.1. The third-order valence-electron chi connectivity index (χ3n) is 8.32. The Hall–Kier alpha value is -4.33. The molecule has 1 aliphatic heterocycles. The first-order chi connectivity index (χ1) is 23.7. The lowest BCUT2D eigenvalue weighted by molar-refractivity contribution is -0.134. The van der Waals surface area contributed by atoms with Crippen LogP contribution in [0.5, 0.6) is 5.75 Å². The molecule has 4 aromatic rings. The van der Waals surface area contributed by atoms with E-state index in [0.29, 0.717) is 18.5 Å². The number of nitrogens with one attached hydrogen (secondary N) is 1. The summed E-state index contributed by atoms with van der Waals surface area (Å²) in [5, 5.41) is 3.50. The van der Waals surface area contributed by atoms with E-state index in [1.54, 1.807) is 24.3 Å². The van der Waals surface area contributed by atoms with Crippen LogP contribution in [0, 0.1) is 17.6 Å². The van der Waals surface area contributed by atoms with Gasteiger partial charge in [-0.15, -0.1) is 0 Å². The van der Waals surface area contributed by atoms with Gasteiger partial charge in [-0.05, 0) is 117 Å². The van der Waals surface area contributed by atoms with Crippen molar-refractivity contribution in [2.75, 3.05) is 11.9 Å². The number of benzene rings is 4. The van der Waals surface area contributed by atoms with Gasteiger partial charge in [0.05, 0.1) is 18.1 Å². The van der Waals surface area contributed by atoms with E-state index in [-0.39, 0.29) is 18.2 Å². The highest BCUT2D eigenvalue weighted by molar-refractivity contribution is 6.70. The van der Waals surface area contributed by atoms with Crippen molar-refractivity contribution in [3.05, 3.63) is 131 Å². The summed E-state index contributed by atoms with van der Waals surface area (Å²) in [6, 6.07) is 27.9. The molecular formula is C39H46F2N2O5Si2. The Morgan fingerprint density at radius 3 is 1.96 bits per heavy atom. The fraction of sp³-hybridized carbons (Fsp3) is 0.333. The molecule has 0 aromatic heterocycles. The Morgan fingerprint density at radius 1 is 0.800 bits per heavy atom. The Kier molecular flexibility index (Phi) is 11.6. The topological polar surface area (TPSA) is 77.1 Å². The number of carbonyl (C=O) groups is 2. The van der Waals surface area contributed by atoms with Crippen molar-refractivity contribution in [2.45, 2.75) is 70.3 Å². The van der Waals surface area contributed by atoms with Gasteiger partial charge in [-0.3, -0.25) is 4.79 Å². The van der Waals surface area contributed by atoms with Gasteiger partial charge in [-0.2, -0.15) is 0 Å². The Labute approximate surface area is 295 Å². The molecular weight excluding hydrogens is 671 g/mol. The maximum absolute atomic E-state index is 15.0. The van der Waals surface area contributed by atoms with E-state index < -0.39 is 52.7 Å². The van der Waals surface area contributed by atoms with E-state index in [1.807, 2.05) is 54.6 Å². The number of hydrogen-bond donors (Lipinski definition) is 1. The molecule has 1 heterocycles. The van der Waals surface area contributed by atoms with Crippen molar-refractivity contribution < 1.29 is 32.0 Å². The van der Waals surface area contributed by atoms with Crippen molar-refractivity contribution in [1.82, 2.24) is 4.90 Å². The van der Waals surface area contributed by atoms with Gasteiger partial charge in [0.2, 0.25) is 14.2 Å². The predicted molar refractivity (Wildman–Crippen MR) is 197 cm³/mol. The normalized spacial score (nSPS) is 16.8. The Morgan fingerprint density at radius 2 is 1.38 bits per heavy atom. The van der Waals surface area contributed by atoms with Crippen LogP contribution in [0.15, 0.2) is 103 Å². The summed E-state index contributed by atoms with van der Waals surface area (Å²) in [4.78, 5) is 29.6. The summed E-state index contributed by atoms with van der Waals surface area (Å²) < 4.78 is 46.3. The molecule has 4 aromatic carbocycles. The fourth-order valence-electron chi connectivity index (χ4n) is 6.16. The predicted octanol–water partition coefficient (Wildman–Crippen LogP) is 10.0. The van der Waals surface area contributed by atoms with Gasteiger partial charge >= 0.3 is 6.09 Å². The lowest BCUT2D eigenvalue weighted by atomic mass is 9.85. The summed E-state index contributed by atoms with van der Waals surface area (Å²) in [5.74, 6) is -1.23. The molecule has 1 aliphatic rings. The van der Waals surface area contributed by atoms with Gasteiger partial charge in [-0.1, -0.05) is 54.6 Å². The second-order valence-electron chi connectivity index (χ2n) is 14.6. The Bertz CT molecular complexity index is 1730. The molecule has 50 heavy (non-hydrogen) atoms. The number of anilines is 1. The van der Waals surface area contributed by atoms with Crippen molar-refractivity contribution >= 4 is 34.3 Å². The number of cyclic esters (lactones) is 1. The fourth-order valence-corrected chi connectivity index (χ4v) is 8.12. The van der Waals surface area contributed by atoms with Crippen LogP contribution in [0.4, 0.5) is 19.3 Å². The van der Waals surface area contributed by atoms with E-state index in [1.165, 1.54) is 29.2 Å². The van der Waals surface area contributed by atoms with Crippen molar-refractivity contribution in [3.63, 3.8) is 0 Å². The van der Waals surface area contributed by atoms with Gasteiger partial charge in [0.25, 0.3) is 0 Å². The number of halogens is 2. The molecule has 0 aliphatic carbocycles. The van der Waals surface area contributed by atoms with Crippen LogP contribution in [0.25, 0.3) is 0 Å². The minimum absolute atomic E-state index is 0.0387. The molecule has 1 fully saturated rings. The molecule has 0 radical (unpaired) electrons. The monoisotopic (exact) mass is 716 g/mol. The quantitative estimate of drug-likeness (QED) is 0.131. The van der Waals surface area contributed by atoms with Gasteiger partial charge in [0.15, 0.2) is 8.32 Å². The van der Waals surface area contributed by atoms with Crippen LogP contribution in [0.1, 0.15) is 47.7 Å². The summed E-state index contributed by atoms with van der Waals surface area (Å²) in [5.41, 5.74) is 2.98. The SMILES string of the molecule is C[Si](C)(C)Oc1ccc([C@H](Nc2ccc(F)cc2)[C@H](CC[C@@H](O[Si](C)(C)C)c2ccc(F)cc2)C(=O)N2C(=O)OC[C@H]2c2ccccc2)cc1. The largest absolute Gasteiger partial charge is 0.544 e. The smallest absolute Gasteiger partial charge is 0.417 e. The summed E-state index contributed by atoms with van der Waals surface area (Å²) >= 11 is 0. The molecule has 4 atom stereocenters. The third kappa shape index (κ3) is 9.89. The lowest BCUT2D eigenvalue weighted by Crippen LogP contribution is -2.42. The number of carbonyl (C=O) groups excluding carboxylic acids is 2. The molecule has 0 bridgehead atoms. The molecule has 0 saturated carbocycles. The maximum atomic E-state index is 15.0. The number of rotatable bonds is 14. The van der Waals surface area contributed by atoms with Gasteiger partial charge < -0.3 is 18.9 Å². The third-order valence-corrected chi connectivity index (χ3v) is 10.2. The van der Waals surface area contributed by atoms with Crippen LogP contribution in [-0.4, -0.2) is 40.1 Å². The molecule has 7 nitrogen and oxygen atoms in total. The maximum Gasteiger partial charge on any atom is 0.417 e. The second-order valence-corrected chi connectivity index (χ2v) is 23.5.